The molecule has 0 aliphatic carbocycles. The molecule has 1 unspecified atom stereocenters. The number of hydrogen-bond donors (Lipinski definition) is 1. The third-order valence-electron chi connectivity index (χ3n) is 2.48. The number of nitrogens with two attached hydrogens (primary N) is 1. The van der Waals surface area contributed by atoms with Crippen molar-refractivity contribution in [3.63, 3.8) is 0 Å². The number of hydrogen-bond acceptors (Lipinski definition) is 3. The number of rotatable bonds is 4. The Hall–Kier alpha value is -1.35. The zero-order valence-electron chi connectivity index (χ0n) is 9.19. The average Bonchev–Trinajstić information content (AvgIpc) is 2.26. The molecule has 0 bridgehead atoms. The molecule has 2 N–H and O–H groups in total. The van der Waals surface area contributed by atoms with Crippen molar-refractivity contribution in [3.8, 4) is 0 Å². The minimum absolute atomic E-state index is 0.0923. The fourth-order valence-corrected chi connectivity index (χ4v) is 1.53. The van der Waals surface area contributed by atoms with Crippen LogP contribution in [0.4, 0.5) is 0 Å². The van der Waals surface area contributed by atoms with Crippen LogP contribution in [-0.2, 0) is 9.53 Å². The Labute approximate surface area is 90.2 Å². The highest BCUT2D eigenvalue weighted by Gasteiger charge is 2.10. The Kier molecular flexibility index (Phi) is 4.31. The van der Waals surface area contributed by atoms with Gasteiger partial charge in [-0.25, -0.2) is 0 Å². The maximum atomic E-state index is 11.0. The highest BCUT2D eigenvalue weighted by atomic mass is 16.5. The van der Waals surface area contributed by atoms with E-state index in [4.69, 9.17) is 5.73 Å². The Morgan fingerprint density at radius 2 is 2.13 bits per heavy atom. The van der Waals surface area contributed by atoms with Crippen molar-refractivity contribution in [1.82, 2.24) is 0 Å². The van der Waals surface area contributed by atoms with Gasteiger partial charge >= 0.3 is 5.97 Å². The van der Waals surface area contributed by atoms with E-state index in [-0.39, 0.29) is 12.0 Å². The van der Waals surface area contributed by atoms with Crippen LogP contribution in [0, 0.1) is 6.92 Å². The molecular weight excluding hydrogens is 190 g/mol. The lowest BCUT2D eigenvalue weighted by atomic mass is 9.98. The van der Waals surface area contributed by atoms with Crippen molar-refractivity contribution in [2.24, 2.45) is 5.73 Å². The van der Waals surface area contributed by atoms with Crippen molar-refractivity contribution in [2.45, 2.75) is 25.8 Å². The number of benzene rings is 1. The predicted octanol–water partition coefficient (Wildman–Crippen LogP) is 1.95. The van der Waals surface area contributed by atoms with E-state index in [1.54, 1.807) is 0 Å². The molecule has 0 fully saturated rings. The van der Waals surface area contributed by atoms with Crippen LogP contribution in [0.5, 0.6) is 0 Å². The second-order valence-electron chi connectivity index (χ2n) is 3.58. The third kappa shape index (κ3) is 3.36. The van der Waals surface area contributed by atoms with Gasteiger partial charge in [-0.1, -0.05) is 24.3 Å². The summed E-state index contributed by atoms with van der Waals surface area (Å²) in [7, 11) is 1.39. The van der Waals surface area contributed by atoms with Crippen LogP contribution in [0.15, 0.2) is 24.3 Å². The summed E-state index contributed by atoms with van der Waals surface area (Å²) in [5, 5.41) is 0. The maximum Gasteiger partial charge on any atom is 0.305 e. The number of carbonyl (C=O) groups excluding carboxylic acids is 1. The van der Waals surface area contributed by atoms with E-state index in [1.165, 1.54) is 7.11 Å². The smallest absolute Gasteiger partial charge is 0.305 e. The Morgan fingerprint density at radius 3 is 2.73 bits per heavy atom. The van der Waals surface area contributed by atoms with Crippen LogP contribution in [-0.4, -0.2) is 13.1 Å². The molecule has 15 heavy (non-hydrogen) atoms. The van der Waals surface area contributed by atoms with Crippen molar-refractivity contribution in [1.29, 1.82) is 0 Å². The van der Waals surface area contributed by atoms with Gasteiger partial charge in [-0.05, 0) is 24.5 Å². The first-order valence-corrected chi connectivity index (χ1v) is 5.03. The molecule has 1 aromatic rings. The van der Waals surface area contributed by atoms with Crippen LogP contribution >= 0.6 is 0 Å². The van der Waals surface area contributed by atoms with Gasteiger partial charge in [-0.2, -0.15) is 0 Å². The Balaban J connectivity index is 2.57. The largest absolute Gasteiger partial charge is 0.469 e. The van der Waals surface area contributed by atoms with Gasteiger partial charge in [0.25, 0.3) is 0 Å². The summed E-state index contributed by atoms with van der Waals surface area (Å²) in [6.07, 6.45) is 0.990. The first-order valence-electron chi connectivity index (χ1n) is 5.03. The van der Waals surface area contributed by atoms with Crippen LogP contribution < -0.4 is 5.73 Å². The van der Waals surface area contributed by atoms with Gasteiger partial charge in [-0.3, -0.25) is 4.79 Å². The molecular formula is C12H17NO2. The molecule has 1 atom stereocenters. The molecule has 0 amide bonds. The molecule has 0 heterocycles. The summed E-state index contributed by atoms with van der Waals surface area (Å²) in [5.41, 5.74) is 8.25. The third-order valence-corrected chi connectivity index (χ3v) is 2.48. The fourth-order valence-electron chi connectivity index (χ4n) is 1.53. The van der Waals surface area contributed by atoms with Crippen molar-refractivity contribution < 1.29 is 9.53 Å². The lowest BCUT2D eigenvalue weighted by Gasteiger charge is -2.13. The highest BCUT2D eigenvalue weighted by Crippen LogP contribution is 2.19. The SMILES string of the molecule is COC(=O)CCC(N)c1ccccc1C. The standard InChI is InChI=1S/C12H17NO2/c1-9-5-3-4-6-10(9)11(13)7-8-12(14)15-2/h3-6,11H,7-8,13H2,1-2H3. The number of esters is 1. The molecule has 0 saturated heterocycles. The van der Waals surface area contributed by atoms with E-state index < -0.39 is 0 Å². The topological polar surface area (TPSA) is 52.3 Å². The minimum Gasteiger partial charge on any atom is -0.469 e. The normalized spacial score (nSPS) is 12.2. The first kappa shape index (κ1) is 11.7. The molecule has 0 spiro atoms. The summed E-state index contributed by atoms with van der Waals surface area (Å²) in [4.78, 5) is 11.0. The van der Waals surface area contributed by atoms with Gasteiger partial charge in [0, 0.05) is 12.5 Å². The van der Waals surface area contributed by atoms with E-state index in [2.05, 4.69) is 4.74 Å². The van der Waals surface area contributed by atoms with E-state index >= 15 is 0 Å². The zero-order chi connectivity index (χ0) is 11.3. The molecule has 1 rings (SSSR count). The Morgan fingerprint density at radius 1 is 1.47 bits per heavy atom. The molecule has 0 aromatic heterocycles. The number of aryl methyl sites for hydroxylation is 1. The predicted molar refractivity (Wildman–Crippen MR) is 59.4 cm³/mol. The summed E-state index contributed by atoms with van der Waals surface area (Å²) in [6, 6.07) is 7.86. The monoisotopic (exact) mass is 207 g/mol. The summed E-state index contributed by atoms with van der Waals surface area (Å²) >= 11 is 0. The molecule has 3 nitrogen and oxygen atoms in total. The highest BCUT2D eigenvalue weighted by molar-refractivity contribution is 5.69. The van der Waals surface area contributed by atoms with Gasteiger partial charge in [0.1, 0.15) is 0 Å². The summed E-state index contributed by atoms with van der Waals surface area (Å²) < 4.78 is 4.57. The second-order valence-corrected chi connectivity index (χ2v) is 3.58. The minimum atomic E-state index is -0.209. The van der Waals surface area contributed by atoms with Gasteiger partial charge in [0.2, 0.25) is 0 Å². The van der Waals surface area contributed by atoms with Crippen molar-refractivity contribution in [3.05, 3.63) is 35.4 Å². The van der Waals surface area contributed by atoms with Gasteiger partial charge < -0.3 is 10.5 Å². The van der Waals surface area contributed by atoms with Crippen LogP contribution in [0.25, 0.3) is 0 Å². The molecule has 0 radical (unpaired) electrons. The van der Waals surface area contributed by atoms with Gasteiger partial charge in [0.15, 0.2) is 0 Å². The van der Waals surface area contributed by atoms with Crippen molar-refractivity contribution in [2.75, 3.05) is 7.11 Å². The van der Waals surface area contributed by atoms with E-state index in [1.807, 2.05) is 31.2 Å². The van der Waals surface area contributed by atoms with E-state index in [0.717, 1.165) is 11.1 Å². The molecule has 3 heteroatoms. The summed E-state index contributed by atoms with van der Waals surface area (Å²) in [6.45, 7) is 2.02. The van der Waals surface area contributed by atoms with Crippen molar-refractivity contribution >= 4 is 5.97 Å². The maximum absolute atomic E-state index is 11.0. The van der Waals surface area contributed by atoms with E-state index in [0.29, 0.717) is 12.8 Å². The van der Waals surface area contributed by atoms with Crippen LogP contribution in [0.1, 0.15) is 30.0 Å². The average molecular weight is 207 g/mol. The molecule has 1 aromatic carbocycles. The molecule has 0 saturated carbocycles. The second kappa shape index (κ2) is 5.51. The lowest BCUT2D eigenvalue weighted by molar-refractivity contribution is -0.140. The molecule has 0 aliphatic heterocycles. The van der Waals surface area contributed by atoms with E-state index in [9.17, 15) is 4.79 Å². The zero-order valence-corrected chi connectivity index (χ0v) is 9.19. The fraction of sp³-hybridized carbons (Fsp3) is 0.417. The number of methoxy groups -OCH3 is 1. The van der Waals surface area contributed by atoms with Gasteiger partial charge in [0.05, 0.1) is 7.11 Å². The number of carbonyl (C=O) groups is 1. The number of ether oxygens (including phenoxy) is 1. The lowest BCUT2D eigenvalue weighted by Crippen LogP contribution is -2.14. The summed E-state index contributed by atoms with van der Waals surface area (Å²) in [5.74, 6) is -0.209. The van der Waals surface area contributed by atoms with Gasteiger partial charge in [-0.15, -0.1) is 0 Å². The molecule has 82 valence electrons. The Bertz CT molecular complexity index is 336. The van der Waals surface area contributed by atoms with Crippen LogP contribution in [0.3, 0.4) is 0 Å². The molecule has 0 aliphatic rings. The quantitative estimate of drug-likeness (QED) is 0.768. The van der Waals surface area contributed by atoms with Crippen LogP contribution in [0.2, 0.25) is 0 Å². The first-order chi connectivity index (χ1) is 7.15.